The second kappa shape index (κ2) is 6.91. The highest BCUT2D eigenvalue weighted by Crippen LogP contribution is 2.22. The number of methoxy groups -OCH3 is 1. The minimum Gasteiger partial charge on any atom is -0.496 e. The summed E-state index contributed by atoms with van der Waals surface area (Å²) in [5, 5.41) is 0.420. The number of amides is 2. The molecule has 0 aliphatic carbocycles. The highest BCUT2D eigenvalue weighted by Gasteiger charge is 2.14. The molecule has 0 aliphatic rings. The van der Waals surface area contributed by atoms with E-state index >= 15 is 0 Å². The highest BCUT2D eigenvalue weighted by atomic mass is 35.5. The van der Waals surface area contributed by atoms with Crippen LogP contribution >= 0.6 is 11.6 Å². The van der Waals surface area contributed by atoms with Crippen molar-refractivity contribution in [1.82, 2.24) is 10.9 Å². The summed E-state index contributed by atoms with van der Waals surface area (Å²) in [7, 11) is 1.40. The van der Waals surface area contributed by atoms with Crippen LogP contribution in [0.1, 0.15) is 20.7 Å². The quantitative estimate of drug-likeness (QED) is 0.853. The molecule has 2 aromatic carbocycles. The average molecular weight is 323 g/mol. The number of nitrogens with one attached hydrogen (secondary N) is 2. The van der Waals surface area contributed by atoms with Gasteiger partial charge in [-0.25, -0.2) is 4.39 Å². The predicted molar refractivity (Wildman–Crippen MR) is 79.3 cm³/mol. The second-order valence-electron chi connectivity index (χ2n) is 4.26. The first-order chi connectivity index (χ1) is 10.5. The lowest BCUT2D eigenvalue weighted by molar-refractivity contribution is 0.0845. The van der Waals surface area contributed by atoms with Gasteiger partial charge >= 0.3 is 0 Å². The van der Waals surface area contributed by atoms with Gasteiger partial charge in [0.05, 0.1) is 12.7 Å². The fraction of sp³-hybridized carbons (Fsp3) is 0.0667. The molecule has 0 radical (unpaired) electrons. The van der Waals surface area contributed by atoms with E-state index in [9.17, 15) is 14.0 Å². The lowest BCUT2D eigenvalue weighted by Crippen LogP contribution is -2.41. The number of benzene rings is 2. The molecule has 2 N–H and O–H groups in total. The molecule has 2 aromatic rings. The Balaban J connectivity index is 2.03. The van der Waals surface area contributed by atoms with Gasteiger partial charge in [0.25, 0.3) is 11.8 Å². The maximum atomic E-state index is 12.8. The Labute approximate surface area is 131 Å². The molecular weight excluding hydrogens is 311 g/mol. The van der Waals surface area contributed by atoms with E-state index in [1.54, 1.807) is 0 Å². The molecule has 0 aromatic heterocycles. The number of rotatable bonds is 3. The zero-order chi connectivity index (χ0) is 16.1. The summed E-state index contributed by atoms with van der Waals surface area (Å²) in [5.41, 5.74) is 4.91. The van der Waals surface area contributed by atoms with E-state index < -0.39 is 17.6 Å². The number of carbonyl (C=O) groups excluding carboxylic acids is 2. The van der Waals surface area contributed by atoms with E-state index in [1.165, 1.54) is 37.4 Å². The third-order valence-corrected chi connectivity index (χ3v) is 3.04. The summed E-state index contributed by atoms with van der Waals surface area (Å²) in [5.74, 6) is -1.31. The van der Waals surface area contributed by atoms with E-state index in [4.69, 9.17) is 16.3 Å². The molecule has 0 spiro atoms. The summed E-state index contributed by atoms with van der Waals surface area (Å²) in [4.78, 5) is 23.8. The highest BCUT2D eigenvalue weighted by molar-refractivity contribution is 6.30. The maximum absolute atomic E-state index is 12.8. The first-order valence-corrected chi connectivity index (χ1v) is 6.59. The number of ether oxygens (including phenoxy) is 1. The summed E-state index contributed by atoms with van der Waals surface area (Å²) in [6.45, 7) is 0. The number of hydrogen-bond donors (Lipinski definition) is 2. The molecule has 2 amide bonds. The lowest BCUT2D eigenvalue weighted by atomic mass is 10.2. The molecule has 0 atom stereocenters. The normalized spacial score (nSPS) is 9.95. The van der Waals surface area contributed by atoms with E-state index in [1.807, 2.05) is 0 Å². The molecular formula is C15H12ClFN2O3. The first-order valence-electron chi connectivity index (χ1n) is 6.21. The molecule has 0 aliphatic heterocycles. The molecule has 114 valence electrons. The van der Waals surface area contributed by atoms with Gasteiger partial charge in [-0.3, -0.25) is 20.4 Å². The summed E-state index contributed by atoms with van der Waals surface area (Å²) >= 11 is 5.81. The Bertz CT molecular complexity index is 704. The number of carbonyl (C=O) groups is 2. The van der Waals surface area contributed by atoms with Crippen LogP contribution in [-0.2, 0) is 0 Å². The van der Waals surface area contributed by atoms with Crippen LogP contribution < -0.4 is 15.6 Å². The van der Waals surface area contributed by atoms with Gasteiger partial charge in [-0.2, -0.15) is 0 Å². The van der Waals surface area contributed by atoms with Crippen LogP contribution in [0.15, 0.2) is 42.5 Å². The van der Waals surface area contributed by atoms with Crippen LogP contribution in [-0.4, -0.2) is 18.9 Å². The fourth-order valence-electron chi connectivity index (χ4n) is 1.71. The molecule has 5 nitrogen and oxygen atoms in total. The van der Waals surface area contributed by atoms with Crippen molar-refractivity contribution in [3.05, 3.63) is 64.4 Å². The van der Waals surface area contributed by atoms with E-state index in [2.05, 4.69) is 10.9 Å². The predicted octanol–water partition coefficient (Wildman–Crippen LogP) is 2.56. The molecule has 0 saturated heterocycles. The van der Waals surface area contributed by atoms with Crippen molar-refractivity contribution in [1.29, 1.82) is 0 Å². The van der Waals surface area contributed by atoms with Crippen LogP contribution in [0, 0.1) is 5.82 Å². The zero-order valence-electron chi connectivity index (χ0n) is 11.5. The van der Waals surface area contributed by atoms with Gasteiger partial charge in [-0.15, -0.1) is 0 Å². The lowest BCUT2D eigenvalue weighted by Gasteiger charge is -2.10. The van der Waals surface area contributed by atoms with Crippen molar-refractivity contribution in [3.63, 3.8) is 0 Å². The van der Waals surface area contributed by atoms with Gasteiger partial charge in [-0.05, 0) is 42.5 Å². The third kappa shape index (κ3) is 3.73. The molecule has 2 rings (SSSR count). The molecule has 0 unspecified atom stereocenters. The van der Waals surface area contributed by atoms with E-state index in [0.29, 0.717) is 5.02 Å². The Morgan fingerprint density at radius 1 is 1.05 bits per heavy atom. The summed E-state index contributed by atoms with van der Waals surface area (Å²) in [6, 6.07) is 9.40. The van der Waals surface area contributed by atoms with Gasteiger partial charge in [0.15, 0.2) is 0 Å². The minimum absolute atomic E-state index is 0.213. The monoisotopic (exact) mass is 322 g/mol. The van der Waals surface area contributed by atoms with Gasteiger partial charge in [0.1, 0.15) is 11.6 Å². The Kier molecular flexibility index (Phi) is 4.95. The van der Waals surface area contributed by atoms with Gasteiger partial charge < -0.3 is 4.74 Å². The zero-order valence-corrected chi connectivity index (χ0v) is 12.3. The first kappa shape index (κ1) is 15.8. The number of hydrogen-bond acceptors (Lipinski definition) is 3. The van der Waals surface area contributed by atoms with Crippen molar-refractivity contribution in [2.24, 2.45) is 0 Å². The topological polar surface area (TPSA) is 67.4 Å². The minimum atomic E-state index is -0.568. The largest absolute Gasteiger partial charge is 0.496 e. The molecule has 0 saturated carbocycles. The molecule has 0 bridgehead atoms. The van der Waals surface area contributed by atoms with E-state index in [0.717, 1.165) is 12.1 Å². The number of halogens is 2. The smallest absolute Gasteiger partial charge is 0.273 e. The Morgan fingerprint density at radius 2 is 1.68 bits per heavy atom. The molecule has 0 fully saturated rings. The Morgan fingerprint density at radius 3 is 2.32 bits per heavy atom. The van der Waals surface area contributed by atoms with Crippen LogP contribution in [0.2, 0.25) is 5.02 Å². The van der Waals surface area contributed by atoms with Gasteiger partial charge in [0.2, 0.25) is 0 Å². The van der Waals surface area contributed by atoms with Crippen LogP contribution in [0.4, 0.5) is 4.39 Å². The maximum Gasteiger partial charge on any atom is 0.273 e. The molecule has 0 heterocycles. The van der Waals surface area contributed by atoms with E-state index in [-0.39, 0.29) is 16.9 Å². The number of hydrazine groups is 1. The van der Waals surface area contributed by atoms with Crippen molar-refractivity contribution in [2.75, 3.05) is 7.11 Å². The molecule has 7 heteroatoms. The third-order valence-electron chi connectivity index (χ3n) is 2.80. The molecule has 22 heavy (non-hydrogen) atoms. The second-order valence-corrected chi connectivity index (χ2v) is 4.70. The SMILES string of the molecule is COc1cc(Cl)ccc1C(=O)NNC(=O)c1ccc(F)cc1. The van der Waals surface area contributed by atoms with Crippen LogP contribution in [0.25, 0.3) is 0 Å². The van der Waals surface area contributed by atoms with Crippen molar-refractivity contribution in [3.8, 4) is 5.75 Å². The van der Waals surface area contributed by atoms with Crippen LogP contribution in [0.3, 0.4) is 0 Å². The van der Waals surface area contributed by atoms with Gasteiger partial charge in [-0.1, -0.05) is 11.6 Å². The Hall–Kier alpha value is -2.60. The van der Waals surface area contributed by atoms with Crippen LogP contribution in [0.5, 0.6) is 5.75 Å². The fourth-order valence-corrected chi connectivity index (χ4v) is 1.87. The standard InChI is InChI=1S/C15H12ClFN2O3/c1-22-13-8-10(16)4-7-12(13)15(21)19-18-14(20)9-2-5-11(17)6-3-9/h2-8H,1H3,(H,18,20)(H,19,21). The van der Waals surface area contributed by atoms with Crippen molar-refractivity contribution >= 4 is 23.4 Å². The summed E-state index contributed by atoms with van der Waals surface area (Å²) < 4.78 is 17.8. The van der Waals surface area contributed by atoms with Crippen molar-refractivity contribution in [2.45, 2.75) is 0 Å². The van der Waals surface area contributed by atoms with Gasteiger partial charge in [0, 0.05) is 10.6 Å². The summed E-state index contributed by atoms with van der Waals surface area (Å²) in [6.07, 6.45) is 0. The average Bonchev–Trinajstić information content (AvgIpc) is 2.52. The van der Waals surface area contributed by atoms with Crippen molar-refractivity contribution < 1.29 is 18.7 Å².